The minimum Gasteiger partial charge on any atom is -0.423 e. The first-order valence-corrected chi connectivity index (χ1v) is 6.05. The Hall–Kier alpha value is -2.36. The van der Waals surface area contributed by atoms with Crippen molar-refractivity contribution in [2.45, 2.75) is 0 Å². The normalized spacial score (nSPS) is 17.0. The number of hydrogen-bond donors (Lipinski definition) is 2. The molecule has 21 heavy (non-hydrogen) atoms. The lowest BCUT2D eigenvalue weighted by Crippen LogP contribution is -2.33. The van der Waals surface area contributed by atoms with Crippen LogP contribution in [-0.2, 0) is 0 Å². The summed E-state index contributed by atoms with van der Waals surface area (Å²) in [6, 6.07) is -2.05. The fourth-order valence-corrected chi connectivity index (χ4v) is 2.05. The molecule has 3 aromatic carbocycles. The summed E-state index contributed by atoms with van der Waals surface area (Å²) >= 11 is 0. The third-order valence-corrected chi connectivity index (χ3v) is 2.90. The SMILES string of the molecule is [2H]c1c([2H])c([2H])c(-c2cccc(-c3c([2H])c([2H])c([2H])c([2H])c3[2H])c2B(O)O)c([2H])c1[2H]. The topological polar surface area (TPSA) is 40.5 Å². The molecule has 0 fully saturated rings. The summed E-state index contributed by atoms with van der Waals surface area (Å²) in [6.45, 7) is 0. The first-order chi connectivity index (χ1) is 14.4. The van der Waals surface area contributed by atoms with Crippen LogP contribution < -0.4 is 5.46 Å². The van der Waals surface area contributed by atoms with Crippen LogP contribution in [0.1, 0.15) is 13.7 Å². The Morgan fingerprint density at radius 1 is 0.714 bits per heavy atom. The van der Waals surface area contributed by atoms with E-state index in [1.54, 1.807) is 0 Å². The summed E-state index contributed by atoms with van der Waals surface area (Å²) in [5.41, 5.74) is -1.21. The molecule has 3 heteroatoms. The Labute approximate surface area is 138 Å². The molecule has 2 nitrogen and oxygen atoms in total. The van der Waals surface area contributed by atoms with E-state index in [4.69, 9.17) is 13.7 Å². The van der Waals surface area contributed by atoms with Crippen molar-refractivity contribution in [2.75, 3.05) is 0 Å². The maximum atomic E-state index is 10.1. The minimum atomic E-state index is -2.23. The van der Waals surface area contributed by atoms with E-state index in [0.717, 1.165) is 0 Å². The highest BCUT2D eigenvalue weighted by Crippen LogP contribution is 2.24. The lowest BCUT2D eigenvalue weighted by atomic mass is 9.71. The second-order valence-electron chi connectivity index (χ2n) is 4.14. The molecule has 0 bridgehead atoms. The quantitative estimate of drug-likeness (QED) is 0.726. The Morgan fingerprint density at radius 3 is 1.52 bits per heavy atom. The van der Waals surface area contributed by atoms with Gasteiger partial charge in [-0.3, -0.25) is 0 Å². The van der Waals surface area contributed by atoms with Crippen molar-refractivity contribution in [3.63, 3.8) is 0 Å². The molecule has 0 heterocycles. The Kier molecular flexibility index (Phi) is 1.75. The highest BCUT2D eigenvalue weighted by Gasteiger charge is 2.21. The van der Waals surface area contributed by atoms with Crippen LogP contribution in [0.3, 0.4) is 0 Å². The molecule has 0 aliphatic carbocycles. The number of rotatable bonds is 3. The molecule has 0 saturated carbocycles. The van der Waals surface area contributed by atoms with Gasteiger partial charge in [-0.2, -0.15) is 0 Å². The molecule has 0 atom stereocenters. The second-order valence-corrected chi connectivity index (χ2v) is 4.14. The van der Waals surface area contributed by atoms with Gasteiger partial charge >= 0.3 is 7.12 Å². The van der Waals surface area contributed by atoms with Crippen molar-refractivity contribution in [1.29, 1.82) is 0 Å². The van der Waals surface area contributed by atoms with Crippen LogP contribution >= 0.6 is 0 Å². The molecule has 102 valence electrons. The van der Waals surface area contributed by atoms with Gasteiger partial charge in [0.15, 0.2) is 0 Å². The van der Waals surface area contributed by atoms with Crippen LogP contribution in [0.15, 0.2) is 78.6 Å². The Balaban J connectivity index is 2.49. The van der Waals surface area contributed by atoms with Gasteiger partial charge in [0.1, 0.15) is 0 Å². The third kappa shape index (κ3) is 2.75. The van der Waals surface area contributed by atoms with E-state index in [-0.39, 0.29) is 27.7 Å². The highest BCUT2D eigenvalue weighted by atomic mass is 16.4. The fraction of sp³-hybridized carbons (Fsp3) is 0. The molecule has 3 aromatic rings. The van der Waals surface area contributed by atoms with Crippen LogP contribution in [0.2, 0.25) is 0 Å². The molecular formula is C18H15BO2. The summed E-state index contributed by atoms with van der Waals surface area (Å²) < 4.78 is 79.6. The summed E-state index contributed by atoms with van der Waals surface area (Å²) in [6.07, 6.45) is 0. The average Bonchev–Trinajstić information content (AvgIpc) is 2.73. The summed E-state index contributed by atoms with van der Waals surface area (Å²) in [5.74, 6) is 0. The number of benzene rings is 3. The monoisotopic (exact) mass is 284 g/mol. The Morgan fingerprint density at radius 2 is 1.14 bits per heavy atom. The van der Waals surface area contributed by atoms with Crippen molar-refractivity contribution < 1.29 is 23.8 Å². The van der Waals surface area contributed by atoms with Gasteiger partial charge < -0.3 is 10.0 Å². The van der Waals surface area contributed by atoms with E-state index < -0.39 is 67.5 Å². The molecule has 0 aliphatic rings. The van der Waals surface area contributed by atoms with Gasteiger partial charge in [-0.15, -0.1) is 0 Å². The predicted octanol–water partition coefficient (Wildman–Crippen LogP) is 2.70. The van der Waals surface area contributed by atoms with E-state index in [1.165, 1.54) is 18.2 Å². The van der Waals surface area contributed by atoms with Gasteiger partial charge in [-0.1, -0.05) is 78.6 Å². The molecule has 0 unspecified atom stereocenters. The van der Waals surface area contributed by atoms with Crippen LogP contribution in [0.5, 0.6) is 0 Å². The van der Waals surface area contributed by atoms with Crippen LogP contribution in [0.25, 0.3) is 22.3 Å². The molecular weight excluding hydrogens is 259 g/mol. The van der Waals surface area contributed by atoms with Gasteiger partial charge in [-0.05, 0) is 27.7 Å². The fourth-order valence-electron chi connectivity index (χ4n) is 2.05. The van der Waals surface area contributed by atoms with E-state index in [2.05, 4.69) is 0 Å². The zero-order chi connectivity index (χ0) is 23.4. The summed E-state index contributed by atoms with van der Waals surface area (Å²) in [4.78, 5) is 0. The van der Waals surface area contributed by atoms with E-state index in [1.807, 2.05) is 0 Å². The van der Waals surface area contributed by atoms with E-state index in [9.17, 15) is 10.0 Å². The first kappa shape index (κ1) is 6.18. The molecule has 2 N–H and O–H groups in total. The van der Waals surface area contributed by atoms with E-state index in [0.29, 0.717) is 0 Å². The predicted molar refractivity (Wildman–Crippen MR) is 87.1 cm³/mol. The van der Waals surface area contributed by atoms with Crippen LogP contribution in [-0.4, -0.2) is 17.2 Å². The number of hydrogen-bond acceptors (Lipinski definition) is 2. The largest absolute Gasteiger partial charge is 0.489 e. The van der Waals surface area contributed by atoms with Gasteiger partial charge in [0.05, 0.1) is 13.7 Å². The lowest BCUT2D eigenvalue weighted by molar-refractivity contribution is 0.426. The van der Waals surface area contributed by atoms with Crippen molar-refractivity contribution in [2.24, 2.45) is 0 Å². The Bertz CT molecular complexity index is 1080. The van der Waals surface area contributed by atoms with Crippen molar-refractivity contribution in [3.05, 3.63) is 78.6 Å². The lowest BCUT2D eigenvalue weighted by Gasteiger charge is -2.15. The molecule has 0 saturated heterocycles. The summed E-state index contributed by atoms with van der Waals surface area (Å²) in [5, 5.41) is 20.2. The maximum Gasteiger partial charge on any atom is 0.489 e. The zero-order valence-electron chi connectivity index (χ0n) is 20.7. The maximum absolute atomic E-state index is 10.1. The summed E-state index contributed by atoms with van der Waals surface area (Å²) in [7, 11) is -2.23. The second kappa shape index (κ2) is 5.96. The minimum absolute atomic E-state index is 0.128. The molecule has 0 radical (unpaired) electrons. The van der Waals surface area contributed by atoms with Crippen molar-refractivity contribution in [3.8, 4) is 22.3 Å². The molecule has 0 amide bonds. The highest BCUT2D eigenvalue weighted by molar-refractivity contribution is 6.62. The van der Waals surface area contributed by atoms with Crippen molar-refractivity contribution in [1.82, 2.24) is 0 Å². The van der Waals surface area contributed by atoms with Gasteiger partial charge in [0.2, 0.25) is 0 Å². The van der Waals surface area contributed by atoms with Crippen molar-refractivity contribution >= 4 is 12.6 Å². The smallest absolute Gasteiger partial charge is 0.423 e. The van der Waals surface area contributed by atoms with Gasteiger partial charge in [0.25, 0.3) is 0 Å². The van der Waals surface area contributed by atoms with Crippen LogP contribution in [0.4, 0.5) is 0 Å². The molecule has 0 aromatic heterocycles. The average molecular weight is 284 g/mol. The first-order valence-electron chi connectivity index (χ1n) is 11.0. The van der Waals surface area contributed by atoms with Crippen LogP contribution in [0, 0.1) is 0 Å². The standard InChI is InChI=1S/C18H15BO2/c20-19(21)18-16(14-8-3-1-4-9-14)12-7-13-17(18)15-10-5-2-6-11-15/h1-13,20-21H/i1D,2D,3D,4D,5D,6D,8D,9D,10D,11D. The zero-order valence-corrected chi connectivity index (χ0v) is 10.7. The molecule has 0 spiro atoms. The molecule has 0 aliphatic heterocycles. The molecule has 3 rings (SSSR count). The van der Waals surface area contributed by atoms with Gasteiger partial charge in [0, 0.05) is 0 Å². The van der Waals surface area contributed by atoms with E-state index >= 15 is 0 Å². The third-order valence-electron chi connectivity index (χ3n) is 2.90. The van der Waals surface area contributed by atoms with Gasteiger partial charge in [-0.25, -0.2) is 0 Å².